The van der Waals surface area contributed by atoms with Crippen LogP contribution in [0, 0.1) is 98.7 Å². The van der Waals surface area contributed by atoms with E-state index in [2.05, 4.69) is 46.0 Å². The number of aryl methyl sites for hydroxylation is 9. The number of nitrogens with zero attached hydrogens (tertiary/aromatic N) is 5. The van der Waals surface area contributed by atoms with Gasteiger partial charge in [0.2, 0.25) is 5.69 Å². The highest BCUT2D eigenvalue weighted by Gasteiger charge is 2.36. The molecular weight excluding hydrogens is 1560 g/mol. The highest BCUT2D eigenvalue weighted by atomic mass is 35.5. The minimum Gasteiger partial charge on any atom is -0.490 e. The number of aliphatic hydroxyl groups is 5. The molecule has 10 rings (SSSR count). The van der Waals surface area contributed by atoms with Gasteiger partial charge in [-0.05, 0) is 235 Å². The molecule has 0 radical (unpaired) electrons. The molecule has 27 nitrogen and oxygen atoms in total. The lowest BCUT2D eigenvalue weighted by Crippen LogP contribution is -2.45. The summed E-state index contributed by atoms with van der Waals surface area (Å²) in [6.07, 6.45) is 0. The molecule has 10 aromatic rings. The Balaban J connectivity index is 0.000000234. The third-order valence-corrected chi connectivity index (χ3v) is 18.2. The van der Waals surface area contributed by atoms with Gasteiger partial charge in [0.05, 0.1) is 31.2 Å². The first-order chi connectivity index (χ1) is 56.9. The van der Waals surface area contributed by atoms with E-state index in [1.54, 1.807) is 149 Å². The van der Waals surface area contributed by atoms with Crippen molar-refractivity contribution < 1.29 is 78.1 Å². The largest absolute Gasteiger partial charge is 0.490 e. The summed E-state index contributed by atoms with van der Waals surface area (Å²) in [5, 5.41) is 75.8. The minimum atomic E-state index is -1.76. The zero-order valence-corrected chi connectivity index (χ0v) is 70.2. The van der Waals surface area contributed by atoms with Crippen molar-refractivity contribution in [1.82, 2.24) is 0 Å². The molecule has 0 saturated carbocycles. The second kappa shape index (κ2) is 44.0. The standard InChI is InChI=1S/3C19H20N2O3.C18H17ClN2O3.C18H20N2O5/c3*1-13-5-8-16(9-6-13)24-12-19(3,23)18(22)21-15-7-10-17(20-4)14(2)11-15;1-12-4-7-14(8-5-12)24-11-18(2,23)17(22)21-13-6-9-16(20-3)15(19)10-13;1-12-4-7-15(8-5-12)25-11-18(3,22)17(21)19-14-6-9-16(20(23)24)13(2)10-14/h3*5-11,23H,12H2,1-3H3,(H,21,22);4-10,23H,11H2,1-2H3,(H,21,22);4-10,22H,11H2,1-3H3,(H,19,21)/t3*19-;2*18-/m00000/s1. The molecule has 10 aromatic carbocycles. The van der Waals surface area contributed by atoms with Gasteiger partial charge in [0.15, 0.2) is 45.1 Å². The normalized spacial score (nSPS) is 12.8. The van der Waals surface area contributed by atoms with Crippen molar-refractivity contribution in [1.29, 1.82) is 0 Å². The molecule has 5 amide bonds. The van der Waals surface area contributed by atoms with Gasteiger partial charge >= 0.3 is 0 Å². The fraction of sp³-hybridized carbons (Fsp3) is 0.258. The molecule has 121 heavy (non-hydrogen) atoms. The Morgan fingerprint density at radius 3 is 0.694 bits per heavy atom. The first kappa shape index (κ1) is 95.8. The number of carbonyl (C=O) groups is 5. The highest BCUT2D eigenvalue weighted by molar-refractivity contribution is 6.33. The Morgan fingerprint density at radius 2 is 0.512 bits per heavy atom. The summed E-state index contributed by atoms with van der Waals surface area (Å²) in [6.45, 7) is 50.8. The number of nitro groups is 1. The zero-order chi connectivity index (χ0) is 89.6. The van der Waals surface area contributed by atoms with E-state index in [0.29, 0.717) is 85.5 Å². The Morgan fingerprint density at radius 1 is 0.322 bits per heavy atom. The van der Waals surface area contributed by atoms with Crippen LogP contribution in [-0.2, 0) is 24.0 Å². The fourth-order valence-electron chi connectivity index (χ4n) is 10.1. The molecule has 28 heteroatoms. The highest BCUT2D eigenvalue weighted by Crippen LogP contribution is 2.31. The lowest BCUT2D eigenvalue weighted by atomic mass is 10.1. The van der Waals surface area contributed by atoms with Gasteiger partial charge < -0.3 is 75.8 Å². The van der Waals surface area contributed by atoms with Gasteiger partial charge in [0, 0.05) is 45.1 Å². The number of benzene rings is 10. The summed E-state index contributed by atoms with van der Waals surface area (Å²) in [4.78, 5) is 85.0. The summed E-state index contributed by atoms with van der Waals surface area (Å²) < 4.78 is 27.4. The molecule has 628 valence electrons. The SMILES string of the molecule is Cc1ccc(OC[C@](C)(O)C(=O)Nc2ccc([N+](=O)[O-])c(C)c2)cc1.[C-]#[N+]c1ccc(NC(=O)[C@@](C)(O)COc2ccc(C)cc2)cc1C.[C-]#[N+]c1ccc(NC(=O)[C@@](C)(O)COc2ccc(C)cc2)cc1C.[C-]#[N+]c1ccc(NC(=O)[C@@](C)(O)COc2ccc(C)cc2)cc1C.[C-]#[N+]c1ccc(NC(=O)[C@@](C)(O)COc2ccc(C)cc2)cc1Cl. The van der Waals surface area contributed by atoms with Crippen molar-refractivity contribution in [2.45, 2.75) is 125 Å². The molecule has 0 aliphatic heterocycles. The monoisotopic (exact) mass is 1660 g/mol. The summed E-state index contributed by atoms with van der Waals surface area (Å²) in [6, 6.07) is 60.2. The maximum Gasteiger partial charge on any atom is 0.272 e. The van der Waals surface area contributed by atoms with Gasteiger partial charge in [-0.15, -0.1) is 0 Å². The van der Waals surface area contributed by atoms with Crippen molar-refractivity contribution >= 4 is 98.0 Å². The number of ether oxygens (including phenoxy) is 5. The van der Waals surface area contributed by atoms with E-state index in [4.69, 9.17) is 61.6 Å². The van der Waals surface area contributed by atoms with Crippen LogP contribution in [0.4, 0.5) is 56.9 Å². The Labute approximate surface area is 708 Å². The molecule has 0 unspecified atom stereocenters. The van der Waals surface area contributed by atoms with E-state index in [9.17, 15) is 59.6 Å². The smallest absolute Gasteiger partial charge is 0.272 e. The quantitative estimate of drug-likeness (QED) is 0.0137. The number of nitrogens with one attached hydrogen (secondary N) is 5. The number of halogens is 1. The second-order valence-corrected chi connectivity index (χ2v) is 29.9. The van der Waals surface area contributed by atoms with Crippen LogP contribution in [0.25, 0.3) is 19.4 Å². The number of carbonyl (C=O) groups excluding carboxylic acids is 5. The third-order valence-electron chi connectivity index (χ3n) is 17.9. The molecular formula is C93H97ClN10O17. The van der Waals surface area contributed by atoms with Crippen molar-refractivity contribution in [3.8, 4) is 28.7 Å². The summed E-state index contributed by atoms with van der Waals surface area (Å²) in [7, 11) is 0. The molecule has 5 atom stereocenters. The van der Waals surface area contributed by atoms with Gasteiger partial charge in [-0.1, -0.05) is 124 Å². The van der Waals surface area contributed by atoms with Gasteiger partial charge in [-0.2, -0.15) is 0 Å². The fourth-order valence-corrected chi connectivity index (χ4v) is 10.4. The number of amides is 5. The Hall–Kier alpha value is -14.0. The molecule has 0 aliphatic carbocycles. The van der Waals surface area contributed by atoms with Crippen LogP contribution in [0.2, 0.25) is 5.02 Å². The maximum atomic E-state index is 12.3. The van der Waals surface area contributed by atoms with Crippen molar-refractivity contribution in [3.05, 3.63) is 323 Å². The average Bonchev–Trinajstić information content (AvgIpc) is 0.848. The molecule has 0 spiro atoms. The van der Waals surface area contributed by atoms with E-state index in [1.165, 1.54) is 65.0 Å². The van der Waals surface area contributed by atoms with Crippen molar-refractivity contribution in [3.63, 3.8) is 0 Å². The minimum absolute atomic E-state index is 0.0348. The van der Waals surface area contributed by atoms with Crippen LogP contribution in [0.3, 0.4) is 0 Å². The molecule has 0 heterocycles. The van der Waals surface area contributed by atoms with E-state index in [0.717, 1.165) is 44.5 Å². The van der Waals surface area contributed by atoms with Crippen LogP contribution in [0.1, 0.15) is 84.7 Å². The molecule has 0 bridgehead atoms. The number of hydrogen-bond acceptors (Lipinski definition) is 17. The van der Waals surface area contributed by atoms with Gasteiger partial charge in [-0.3, -0.25) is 34.1 Å². The summed E-state index contributed by atoms with van der Waals surface area (Å²) in [5.41, 5.74) is 3.83. The lowest BCUT2D eigenvalue weighted by molar-refractivity contribution is -0.385. The summed E-state index contributed by atoms with van der Waals surface area (Å²) in [5.74, 6) is -0.0985. The van der Waals surface area contributed by atoms with E-state index >= 15 is 0 Å². The molecule has 0 saturated heterocycles. The molecule has 0 aromatic heterocycles. The van der Waals surface area contributed by atoms with Crippen LogP contribution < -0.4 is 50.3 Å². The second-order valence-electron chi connectivity index (χ2n) is 29.5. The van der Waals surface area contributed by atoms with E-state index in [-0.39, 0.29) is 43.7 Å². The van der Waals surface area contributed by atoms with Crippen molar-refractivity contribution in [2.75, 3.05) is 59.6 Å². The van der Waals surface area contributed by atoms with Gasteiger partial charge in [0.1, 0.15) is 61.8 Å². The van der Waals surface area contributed by atoms with Gasteiger partial charge in [0.25, 0.3) is 35.2 Å². The predicted molar refractivity (Wildman–Crippen MR) is 468 cm³/mol. The van der Waals surface area contributed by atoms with Crippen LogP contribution in [0.15, 0.2) is 212 Å². The van der Waals surface area contributed by atoms with E-state index < -0.39 is 62.5 Å². The average molecular weight is 1660 g/mol. The Bertz CT molecular complexity index is 4920. The molecule has 10 N–H and O–H groups in total. The first-order valence-electron chi connectivity index (χ1n) is 37.5. The van der Waals surface area contributed by atoms with Crippen molar-refractivity contribution in [2.24, 2.45) is 0 Å². The van der Waals surface area contributed by atoms with Crippen LogP contribution in [0.5, 0.6) is 28.7 Å². The number of hydrogen-bond donors (Lipinski definition) is 10. The third kappa shape index (κ3) is 30.8. The maximum absolute atomic E-state index is 12.3. The predicted octanol–water partition coefficient (Wildman–Crippen LogP) is 17.8. The van der Waals surface area contributed by atoms with Crippen LogP contribution in [-0.4, -0.2) is 121 Å². The molecule has 0 aliphatic rings. The number of nitro benzene ring substituents is 1. The van der Waals surface area contributed by atoms with Crippen LogP contribution >= 0.6 is 11.6 Å². The Kier molecular flexibility index (Phi) is 34.8. The summed E-state index contributed by atoms with van der Waals surface area (Å²) >= 11 is 5.93. The topological polar surface area (TPSA) is 353 Å². The van der Waals surface area contributed by atoms with E-state index in [1.807, 2.05) is 95.3 Å². The van der Waals surface area contributed by atoms with Gasteiger partial charge in [-0.25, -0.2) is 19.4 Å². The zero-order valence-electron chi connectivity index (χ0n) is 69.5. The number of rotatable bonds is 26. The first-order valence-corrected chi connectivity index (χ1v) is 37.9. The lowest BCUT2D eigenvalue weighted by Gasteiger charge is -2.22. The molecule has 0 fully saturated rings. The number of anilines is 5.